The van der Waals surface area contributed by atoms with E-state index in [1.54, 1.807) is 26.7 Å². The first-order chi connectivity index (χ1) is 13.6. The lowest BCUT2D eigenvalue weighted by Gasteiger charge is -2.24. The summed E-state index contributed by atoms with van der Waals surface area (Å²) < 4.78 is 3.34. The molecule has 1 fully saturated rings. The minimum Gasteiger partial charge on any atom is -0.329 e. The fourth-order valence-corrected chi connectivity index (χ4v) is 3.49. The van der Waals surface area contributed by atoms with E-state index in [0.717, 1.165) is 17.8 Å². The topological polar surface area (TPSA) is 85.0 Å². The molecule has 4 rings (SSSR count). The van der Waals surface area contributed by atoms with E-state index in [1.165, 1.54) is 0 Å². The summed E-state index contributed by atoms with van der Waals surface area (Å²) >= 11 is 0. The standard InChI is InChI=1S/C20H22N6O2/c1-15-8-12-24(23-15)14-19(27)25-10-3-7-18(25)20(28)22-16-5-2-6-17(13-16)26-11-4-9-21-26/h2,4-6,8-9,11-13,18H,3,7,10,14H2,1H3,(H,22,28)/t18-/m0/s1. The first-order valence-electron chi connectivity index (χ1n) is 9.30. The number of anilines is 1. The van der Waals surface area contributed by atoms with E-state index in [-0.39, 0.29) is 18.4 Å². The fourth-order valence-electron chi connectivity index (χ4n) is 3.49. The molecule has 1 aromatic carbocycles. The highest BCUT2D eigenvalue weighted by Gasteiger charge is 2.34. The number of nitrogens with zero attached hydrogens (tertiary/aromatic N) is 5. The predicted octanol–water partition coefficient (Wildman–Crippen LogP) is 2.01. The van der Waals surface area contributed by atoms with Gasteiger partial charge in [0.1, 0.15) is 12.6 Å². The summed E-state index contributed by atoms with van der Waals surface area (Å²) in [5.74, 6) is -0.258. The van der Waals surface area contributed by atoms with Crippen LogP contribution < -0.4 is 5.32 Å². The fraction of sp³-hybridized carbons (Fsp3) is 0.300. The van der Waals surface area contributed by atoms with Crippen molar-refractivity contribution in [1.82, 2.24) is 24.5 Å². The molecule has 3 aromatic rings. The molecule has 2 amide bonds. The van der Waals surface area contributed by atoms with E-state index < -0.39 is 6.04 Å². The number of aromatic nitrogens is 4. The molecule has 1 saturated heterocycles. The second-order valence-corrected chi connectivity index (χ2v) is 6.89. The molecule has 2 aromatic heterocycles. The second-order valence-electron chi connectivity index (χ2n) is 6.89. The maximum absolute atomic E-state index is 12.8. The Kier molecular flexibility index (Phi) is 4.92. The summed E-state index contributed by atoms with van der Waals surface area (Å²) in [5, 5.41) is 11.4. The van der Waals surface area contributed by atoms with Crippen LogP contribution in [0.1, 0.15) is 18.5 Å². The van der Waals surface area contributed by atoms with Gasteiger partial charge in [-0.25, -0.2) is 4.68 Å². The quantitative estimate of drug-likeness (QED) is 0.736. The van der Waals surface area contributed by atoms with Crippen molar-refractivity contribution >= 4 is 17.5 Å². The van der Waals surface area contributed by atoms with Gasteiger partial charge in [0.2, 0.25) is 11.8 Å². The smallest absolute Gasteiger partial charge is 0.247 e. The monoisotopic (exact) mass is 378 g/mol. The Hall–Kier alpha value is -3.42. The van der Waals surface area contributed by atoms with Crippen LogP contribution >= 0.6 is 0 Å². The first-order valence-corrected chi connectivity index (χ1v) is 9.30. The number of carbonyl (C=O) groups is 2. The number of amides is 2. The van der Waals surface area contributed by atoms with Crippen LogP contribution in [0.3, 0.4) is 0 Å². The van der Waals surface area contributed by atoms with Crippen LogP contribution in [0.5, 0.6) is 0 Å². The van der Waals surface area contributed by atoms with E-state index in [1.807, 2.05) is 49.5 Å². The van der Waals surface area contributed by atoms with Crippen LogP contribution in [0.15, 0.2) is 55.0 Å². The number of likely N-dealkylation sites (tertiary alicyclic amines) is 1. The highest BCUT2D eigenvalue weighted by atomic mass is 16.2. The Morgan fingerprint density at radius 3 is 2.86 bits per heavy atom. The Morgan fingerprint density at radius 2 is 2.11 bits per heavy atom. The molecule has 8 nitrogen and oxygen atoms in total. The highest BCUT2D eigenvalue weighted by molar-refractivity contribution is 5.97. The Morgan fingerprint density at radius 1 is 1.21 bits per heavy atom. The third-order valence-corrected chi connectivity index (χ3v) is 4.83. The number of hydrogen-bond donors (Lipinski definition) is 1. The number of carbonyl (C=O) groups excluding carboxylic acids is 2. The van der Waals surface area contributed by atoms with E-state index in [4.69, 9.17) is 0 Å². The van der Waals surface area contributed by atoms with Gasteiger partial charge in [-0.2, -0.15) is 10.2 Å². The number of benzene rings is 1. The van der Waals surface area contributed by atoms with Gasteiger partial charge in [-0.15, -0.1) is 0 Å². The zero-order valence-corrected chi connectivity index (χ0v) is 15.7. The number of aryl methyl sites for hydroxylation is 1. The van der Waals surface area contributed by atoms with E-state index in [2.05, 4.69) is 15.5 Å². The van der Waals surface area contributed by atoms with Crippen LogP contribution in [0.2, 0.25) is 0 Å². The summed E-state index contributed by atoms with van der Waals surface area (Å²) in [6, 6.07) is 10.7. The lowest BCUT2D eigenvalue weighted by Crippen LogP contribution is -2.44. The highest BCUT2D eigenvalue weighted by Crippen LogP contribution is 2.21. The molecule has 0 aliphatic carbocycles. The molecular weight excluding hydrogens is 356 g/mol. The van der Waals surface area contributed by atoms with E-state index >= 15 is 0 Å². The molecule has 1 aliphatic heterocycles. The number of hydrogen-bond acceptors (Lipinski definition) is 4. The average Bonchev–Trinajstić information content (AvgIpc) is 3.44. The number of rotatable bonds is 5. The molecule has 3 heterocycles. The summed E-state index contributed by atoms with van der Waals surface area (Å²) in [4.78, 5) is 27.2. The van der Waals surface area contributed by atoms with Crippen molar-refractivity contribution in [2.45, 2.75) is 32.4 Å². The summed E-state index contributed by atoms with van der Waals surface area (Å²) in [6.45, 7) is 2.61. The Labute approximate surface area is 162 Å². The van der Waals surface area contributed by atoms with Crippen molar-refractivity contribution in [3.8, 4) is 5.69 Å². The molecule has 28 heavy (non-hydrogen) atoms. The predicted molar refractivity (Wildman–Crippen MR) is 104 cm³/mol. The normalized spacial score (nSPS) is 16.3. The van der Waals surface area contributed by atoms with Crippen LogP contribution in [-0.4, -0.2) is 48.9 Å². The van der Waals surface area contributed by atoms with Gasteiger partial charge in [-0.1, -0.05) is 6.07 Å². The van der Waals surface area contributed by atoms with Crippen molar-refractivity contribution in [2.75, 3.05) is 11.9 Å². The van der Waals surface area contributed by atoms with Gasteiger partial charge in [0.15, 0.2) is 0 Å². The van der Waals surface area contributed by atoms with Crippen LogP contribution in [-0.2, 0) is 16.1 Å². The van der Waals surface area contributed by atoms with Gasteiger partial charge in [0.05, 0.1) is 11.4 Å². The SMILES string of the molecule is Cc1ccn(CC(=O)N2CCC[C@H]2C(=O)Nc2cccc(-n3cccn3)c2)n1. The number of nitrogens with one attached hydrogen (secondary N) is 1. The van der Waals surface area contributed by atoms with Crippen molar-refractivity contribution in [3.05, 3.63) is 60.7 Å². The molecular formula is C20H22N6O2. The maximum atomic E-state index is 12.8. The summed E-state index contributed by atoms with van der Waals surface area (Å²) in [6.07, 6.45) is 6.80. The van der Waals surface area contributed by atoms with Gasteiger partial charge in [0, 0.05) is 30.8 Å². The molecule has 0 unspecified atom stereocenters. The van der Waals surface area contributed by atoms with Gasteiger partial charge in [0.25, 0.3) is 0 Å². The lowest BCUT2D eigenvalue weighted by molar-refractivity contribution is -0.137. The zero-order chi connectivity index (χ0) is 19.5. The first kappa shape index (κ1) is 18.0. The van der Waals surface area contributed by atoms with Crippen LogP contribution in [0.25, 0.3) is 5.69 Å². The third kappa shape index (κ3) is 3.80. The Balaban J connectivity index is 1.43. The van der Waals surface area contributed by atoms with Gasteiger partial charge >= 0.3 is 0 Å². The average molecular weight is 378 g/mol. The summed E-state index contributed by atoms with van der Waals surface area (Å²) in [7, 11) is 0. The van der Waals surface area contributed by atoms with Crippen molar-refractivity contribution in [3.63, 3.8) is 0 Å². The molecule has 1 N–H and O–H groups in total. The van der Waals surface area contributed by atoms with Crippen LogP contribution in [0.4, 0.5) is 5.69 Å². The maximum Gasteiger partial charge on any atom is 0.247 e. The third-order valence-electron chi connectivity index (χ3n) is 4.83. The second kappa shape index (κ2) is 7.67. The molecule has 1 atom stereocenters. The molecule has 0 saturated carbocycles. The van der Waals surface area contributed by atoms with Gasteiger partial charge < -0.3 is 10.2 Å². The Bertz CT molecular complexity index is 978. The molecule has 0 spiro atoms. The minimum atomic E-state index is -0.461. The molecule has 1 aliphatic rings. The summed E-state index contributed by atoms with van der Waals surface area (Å²) in [5.41, 5.74) is 2.40. The van der Waals surface area contributed by atoms with Crippen molar-refractivity contribution in [1.29, 1.82) is 0 Å². The van der Waals surface area contributed by atoms with Crippen LogP contribution in [0, 0.1) is 6.92 Å². The minimum absolute atomic E-state index is 0.0916. The molecule has 8 heteroatoms. The largest absolute Gasteiger partial charge is 0.329 e. The van der Waals surface area contributed by atoms with Crippen molar-refractivity contribution < 1.29 is 9.59 Å². The van der Waals surface area contributed by atoms with Crippen molar-refractivity contribution in [2.24, 2.45) is 0 Å². The zero-order valence-electron chi connectivity index (χ0n) is 15.7. The van der Waals surface area contributed by atoms with E-state index in [0.29, 0.717) is 18.7 Å². The molecule has 144 valence electrons. The van der Waals surface area contributed by atoms with E-state index in [9.17, 15) is 9.59 Å². The van der Waals surface area contributed by atoms with Gasteiger partial charge in [-0.3, -0.25) is 14.3 Å². The molecule has 0 radical (unpaired) electrons. The molecule has 0 bridgehead atoms. The lowest BCUT2D eigenvalue weighted by atomic mass is 10.2. The van der Waals surface area contributed by atoms with Gasteiger partial charge in [-0.05, 0) is 50.1 Å².